The number of nitrogens with one attached hydrogen (secondary N) is 1. The zero-order chi connectivity index (χ0) is 13.7. The van der Waals surface area contributed by atoms with Gasteiger partial charge < -0.3 is 11.1 Å². The van der Waals surface area contributed by atoms with Crippen LogP contribution in [0.1, 0.15) is 20.3 Å². The molecule has 0 unspecified atom stereocenters. The van der Waals surface area contributed by atoms with Crippen LogP contribution in [0.25, 0.3) is 0 Å². The molecular formula is C12H18ClN3O3. The summed E-state index contributed by atoms with van der Waals surface area (Å²) in [7, 11) is 0. The Morgan fingerprint density at radius 3 is 2.32 bits per heavy atom. The number of benzene rings is 1. The van der Waals surface area contributed by atoms with Crippen molar-refractivity contribution < 1.29 is 9.72 Å². The number of carbonyl (C=O) groups excluding carboxylic acids is 1. The molecule has 0 fully saturated rings. The lowest BCUT2D eigenvalue weighted by atomic mass is 10.0. The highest BCUT2D eigenvalue weighted by Crippen LogP contribution is 2.15. The van der Waals surface area contributed by atoms with Crippen LogP contribution < -0.4 is 11.1 Å². The second-order valence-corrected chi connectivity index (χ2v) is 4.53. The van der Waals surface area contributed by atoms with Crippen molar-refractivity contribution in [2.75, 3.05) is 5.32 Å². The van der Waals surface area contributed by atoms with Crippen LogP contribution in [0, 0.1) is 16.0 Å². The van der Waals surface area contributed by atoms with Crippen molar-refractivity contribution in [3.63, 3.8) is 0 Å². The van der Waals surface area contributed by atoms with E-state index in [4.69, 9.17) is 5.73 Å². The van der Waals surface area contributed by atoms with E-state index in [1.165, 1.54) is 24.3 Å². The third-order valence-electron chi connectivity index (χ3n) is 2.41. The number of amides is 1. The van der Waals surface area contributed by atoms with Crippen LogP contribution in [-0.4, -0.2) is 16.9 Å². The first-order valence-corrected chi connectivity index (χ1v) is 5.71. The predicted molar refractivity (Wildman–Crippen MR) is 76.4 cm³/mol. The molecule has 19 heavy (non-hydrogen) atoms. The summed E-state index contributed by atoms with van der Waals surface area (Å²) < 4.78 is 0. The molecule has 7 heteroatoms. The number of nitrogens with two attached hydrogens (primary N) is 1. The third kappa shape index (κ3) is 5.67. The number of nitrogens with zero attached hydrogens (tertiary/aromatic N) is 1. The summed E-state index contributed by atoms with van der Waals surface area (Å²) in [5.74, 6) is 0.0557. The number of hydrogen-bond acceptors (Lipinski definition) is 4. The van der Waals surface area contributed by atoms with Gasteiger partial charge >= 0.3 is 0 Å². The fourth-order valence-electron chi connectivity index (χ4n) is 1.52. The van der Waals surface area contributed by atoms with Crippen molar-refractivity contribution in [2.45, 2.75) is 26.3 Å². The third-order valence-corrected chi connectivity index (χ3v) is 2.41. The van der Waals surface area contributed by atoms with Gasteiger partial charge in [-0.2, -0.15) is 0 Å². The molecule has 0 aliphatic carbocycles. The van der Waals surface area contributed by atoms with Crippen molar-refractivity contribution in [2.24, 2.45) is 11.7 Å². The van der Waals surface area contributed by atoms with Crippen LogP contribution in [0.4, 0.5) is 11.4 Å². The van der Waals surface area contributed by atoms with Crippen molar-refractivity contribution >= 4 is 29.7 Å². The molecule has 1 aromatic rings. The van der Waals surface area contributed by atoms with Gasteiger partial charge in [0.05, 0.1) is 11.0 Å². The Balaban J connectivity index is 0.00000324. The van der Waals surface area contributed by atoms with Gasteiger partial charge in [0.2, 0.25) is 5.91 Å². The van der Waals surface area contributed by atoms with Crippen molar-refractivity contribution in [1.82, 2.24) is 0 Å². The smallest absolute Gasteiger partial charge is 0.269 e. The second kappa shape index (κ2) is 7.70. The molecule has 0 aromatic heterocycles. The number of nitro benzene ring substituents is 1. The van der Waals surface area contributed by atoms with Gasteiger partial charge in [0.15, 0.2) is 0 Å². The number of non-ortho nitro benzene ring substituents is 1. The molecule has 3 N–H and O–H groups in total. The highest BCUT2D eigenvalue weighted by molar-refractivity contribution is 5.94. The number of nitro groups is 1. The van der Waals surface area contributed by atoms with Crippen LogP contribution in [0.2, 0.25) is 0 Å². The van der Waals surface area contributed by atoms with Crippen LogP contribution in [-0.2, 0) is 4.79 Å². The normalized spacial score (nSPS) is 11.6. The zero-order valence-electron chi connectivity index (χ0n) is 10.8. The predicted octanol–water partition coefficient (Wildman–Crippen LogP) is 2.33. The average Bonchev–Trinajstić information content (AvgIpc) is 2.28. The Labute approximate surface area is 117 Å². The van der Waals surface area contributed by atoms with Crippen molar-refractivity contribution in [3.05, 3.63) is 34.4 Å². The molecule has 0 aliphatic heterocycles. The minimum atomic E-state index is -0.569. The molecule has 0 bridgehead atoms. The number of anilines is 1. The number of halogens is 1. The zero-order valence-corrected chi connectivity index (χ0v) is 11.6. The van der Waals surface area contributed by atoms with Crippen LogP contribution in [0.3, 0.4) is 0 Å². The minimum absolute atomic E-state index is 0. The van der Waals surface area contributed by atoms with Gasteiger partial charge in [0.25, 0.3) is 5.69 Å². The Morgan fingerprint density at radius 1 is 1.37 bits per heavy atom. The largest absolute Gasteiger partial charge is 0.325 e. The van der Waals surface area contributed by atoms with Gasteiger partial charge in [0.1, 0.15) is 0 Å². The Bertz CT molecular complexity index is 434. The van der Waals surface area contributed by atoms with Crippen molar-refractivity contribution in [3.8, 4) is 0 Å². The summed E-state index contributed by atoms with van der Waals surface area (Å²) in [6, 6.07) is 5.07. The first kappa shape index (κ1) is 17.3. The molecule has 0 spiro atoms. The lowest BCUT2D eigenvalue weighted by Gasteiger charge is -2.13. The van der Waals surface area contributed by atoms with Gasteiger partial charge in [-0.15, -0.1) is 12.4 Å². The highest BCUT2D eigenvalue weighted by Gasteiger charge is 2.15. The van der Waals surface area contributed by atoms with Gasteiger partial charge in [-0.25, -0.2) is 0 Å². The standard InChI is InChI=1S/C12H17N3O3.ClH/c1-8(2)7-11(13)12(16)14-9-3-5-10(6-4-9)15(17)18;/h3-6,8,11H,7,13H2,1-2H3,(H,14,16);1H/t11-;/m0./s1. The molecule has 1 amide bonds. The molecule has 0 heterocycles. The molecule has 106 valence electrons. The van der Waals surface area contributed by atoms with E-state index in [1.807, 2.05) is 13.8 Å². The van der Waals surface area contributed by atoms with E-state index in [0.29, 0.717) is 18.0 Å². The number of carbonyl (C=O) groups is 1. The summed E-state index contributed by atoms with van der Waals surface area (Å²) in [6.45, 7) is 3.97. The van der Waals surface area contributed by atoms with Gasteiger partial charge in [-0.1, -0.05) is 13.8 Å². The van der Waals surface area contributed by atoms with E-state index in [1.54, 1.807) is 0 Å². The van der Waals surface area contributed by atoms with Gasteiger partial charge in [-0.3, -0.25) is 14.9 Å². The summed E-state index contributed by atoms with van der Waals surface area (Å²) in [6.07, 6.45) is 0.596. The highest BCUT2D eigenvalue weighted by atomic mass is 35.5. The molecular weight excluding hydrogens is 270 g/mol. The quantitative estimate of drug-likeness (QED) is 0.641. The molecule has 6 nitrogen and oxygen atoms in total. The average molecular weight is 288 g/mol. The van der Waals surface area contributed by atoms with Gasteiger partial charge in [0, 0.05) is 17.8 Å². The summed E-state index contributed by atoms with van der Waals surface area (Å²) in [5, 5.41) is 13.1. The fraction of sp³-hybridized carbons (Fsp3) is 0.417. The monoisotopic (exact) mass is 287 g/mol. The molecule has 0 saturated carbocycles. The van der Waals surface area contributed by atoms with Crippen molar-refractivity contribution in [1.29, 1.82) is 0 Å². The molecule has 0 radical (unpaired) electrons. The Morgan fingerprint density at radius 2 is 1.89 bits per heavy atom. The summed E-state index contributed by atoms with van der Waals surface area (Å²) >= 11 is 0. The van der Waals surface area contributed by atoms with E-state index < -0.39 is 11.0 Å². The maximum Gasteiger partial charge on any atom is 0.269 e. The van der Waals surface area contributed by atoms with E-state index in [0.717, 1.165) is 0 Å². The van der Waals surface area contributed by atoms with Crippen LogP contribution in [0.5, 0.6) is 0 Å². The molecule has 0 saturated heterocycles. The first-order valence-electron chi connectivity index (χ1n) is 5.71. The number of hydrogen-bond donors (Lipinski definition) is 2. The lowest BCUT2D eigenvalue weighted by Crippen LogP contribution is -2.36. The molecule has 0 aliphatic rings. The second-order valence-electron chi connectivity index (χ2n) is 4.53. The number of rotatable bonds is 5. The van der Waals surface area contributed by atoms with Crippen LogP contribution >= 0.6 is 12.4 Å². The summed E-state index contributed by atoms with van der Waals surface area (Å²) in [5.41, 5.74) is 6.21. The summed E-state index contributed by atoms with van der Waals surface area (Å²) in [4.78, 5) is 21.7. The topological polar surface area (TPSA) is 98.3 Å². The van der Waals surface area contributed by atoms with E-state index in [-0.39, 0.29) is 24.0 Å². The van der Waals surface area contributed by atoms with E-state index in [2.05, 4.69) is 5.32 Å². The molecule has 1 atom stereocenters. The lowest BCUT2D eigenvalue weighted by molar-refractivity contribution is -0.384. The molecule has 1 rings (SSSR count). The first-order chi connectivity index (χ1) is 8.40. The van der Waals surface area contributed by atoms with Gasteiger partial charge in [-0.05, 0) is 24.5 Å². The fourth-order valence-corrected chi connectivity index (χ4v) is 1.52. The SMILES string of the molecule is CC(C)C[C@H](N)C(=O)Nc1ccc([N+](=O)[O-])cc1.Cl. The van der Waals surface area contributed by atoms with E-state index >= 15 is 0 Å². The Kier molecular flexibility index (Phi) is 7.03. The van der Waals surface area contributed by atoms with E-state index in [9.17, 15) is 14.9 Å². The Hall–Kier alpha value is -1.66. The van der Waals surface area contributed by atoms with Crippen LogP contribution in [0.15, 0.2) is 24.3 Å². The molecule has 1 aromatic carbocycles. The maximum atomic E-state index is 11.7. The minimum Gasteiger partial charge on any atom is -0.325 e. The maximum absolute atomic E-state index is 11.7.